The first-order chi connectivity index (χ1) is 9.41. The first-order valence-corrected chi connectivity index (χ1v) is 8.22. The fourth-order valence-electron chi connectivity index (χ4n) is 2.75. The van der Waals surface area contributed by atoms with Crippen molar-refractivity contribution in [3.05, 3.63) is 24.0 Å². The maximum Gasteiger partial charge on any atom is 0.238 e. The highest BCUT2D eigenvalue weighted by atomic mass is 32.2. The summed E-state index contributed by atoms with van der Waals surface area (Å²) < 4.78 is 36.1. The van der Waals surface area contributed by atoms with Crippen molar-refractivity contribution >= 4 is 15.7 Å². The summed E-state index contributed by atoms with van der Waals surface area (Å²) in [7, 11) is -3.87. The van der Waals surface area contributed by atoms with Crippen molar-refractivity contribution < 1.29 is 12.8 Å². The van der Waals surface area contributed by atoms with Gasteiger partial charge in [-0.05, 0) is 49.4 Å². The molecule has 1 aliphatic rings. The molecule has 0 aliphatic heterocycles. The Kier molecular flexibility index (Phi) is 4.62. The van der Waals surface area contributed by atoms with Crippen LogP contribution in [0.4, 0.5) is 10.1 Å². The lowest BCUT2D eigenvalue weighted by Crippen LogP contribution is -2.24. The van der Waals surface area contributed by atoms with Crippen LogP contribution in [-0.2, 0) is 10.0 Å². The fourth-order valence-corrected chi connectivity index (χ4v) is 3.28. The Balaban J connectivity index is 2.03. The zero-order chi connectivity index (χ0) is 14.8. The predicted molar refractivity (Wildman–Crippen MR) is 76.1 cm³/mol. The largest absolute Gasteiger partial charge is 0.382 e. The van der Waals surface area contributed by atoms with E-state index in [0.717, 1.165) is 25.3 Å². The van der Waals surface area contributed by atoms with Crippen molar-refractivity contribution in [1.82, 2.24) is 0 Å². The van der Waals surface area contributed by atoms with E-state index in [2.05, 4.69) is 5.32 Å². The second kappa shape index (κ2) is 6.07. The van der Waals surface area contributed by atoms with E-state index in [1.165, 1.54) is 12.1 Å². The highest BCUT2D eigenvalue weighted by Crippen LogP contribution is 2.31. The number of primary sulfonamides is 1. The molecular weight excluding hydrogens is 281 g/mol. The summed E-state index contributed by atoms with van der Waals surface area (Å²) in [5, 5.41) is 7.99. The molecule has 0 heterocycles. The molecule has 0 spiro atoms. The molecule has 1 aromatic rings. The van der Waals surface area contributed by atoms with Crippen LogP contribution in [0, 0.1) is 17.7 Å². The maximum absolute atomic E-state index is 13.8. The highest BCUT2D eigenvalue weighted by Gasteiger charge is 2.25. The number of anilines is 1. The van der Waals surface area contributed by atoms with Crippen LogP contribution in [-0.4, -0.2) is 21.5 Å². The van der Waals surface area contributed by atoms with Crippen LogP contribution in [0.2, 0.25) is 0 Å². The van der Waals surface area contributed by atoms with E-state index in [1.54, 1.807) is 0 Å². The van der Waals surface area contributed by atoms with E-state index >= 15 is 0 Å². The zero-order valence-electron chi connectivity index (χ0n) is 11.2. The lowest BCUT2D eigenvalue weighted by Gasteiger charge is -2.19. The Morgan fingerprint density at radius 1 is 1.30 bits per heavy atom. The maximum atomic E-state index is 13.8. The molecule has 0 saturated heterocycles. The van der Waals surface area contributed by atoms with Crippen molar-refractivity contribution in [2.75, 3.05) is 18.4 Å². The molecule has 2 rings (SSSR count). The lowest BCUT2D eigenvalue weighted by molar-refractivity contribution is 0.414. The number of hydrogen-bond acceptors (Lipinski definition) is 4. The minimum atomic E-state index is -3.87. The van der Waals surface area contributed by atoms with Crippen LogP contribution in [0.5, 0.6) is 0 Å². The Hall–Kier alpha value is -1.18. The van der Waals surface area contributed by atoms with Gasteiger partial charge in [-0.3, -0.25) is 0 Å². The molecule has 1 fully saturated rings. The van der Waals surface area contributed by atoms with Crippen molar-refractivity contribution in [2.45, 2.75) is 24.2 Å². The Bertz CT molecular complexity index is 577. The SMILES string of the molecule is NCC1CCCC1CNc1ccc(S(N)(=O)=O)cc1F. The Morgan fingerprint density at radius 2 is 2.00 bits per heavy atom. The third-order valence-corrected chi connectivity index (χ3v) is 4.85. The molecule has 2 atom stereocenters. The zero-order valence-corrected chi connectivity index (χ0v) is 12.0. The van der Waals surface area contributed by atoms with E-state index in [1.807, 2.05) is 0 Å². The van der Waals surface area contributed by atoms with Crippen molar-refractivity contribution in [2.24, 2.45) is 22.7 Å². The number of sulfonamides is 1. The summed E-state index contributed by atoms with van der Waals surface area (Å²) in [5.41, 5.74) is 6.00. The van der Waals surface area contributed by atoms with Crippen LogP contribution >= 0.6 is 0 Å². The van der Waals surface area contributed by atoms with E-state index in [9.17, 15) is 12.8 Å². The van der Waals surface area contributed by atoms with Gasteiger partial charge in [-0.1, -0.05) is 6.42 Å². The molecule has 112 valence electrons. The van der Waals surface area contributed by atoms with Gasteiger partial charge < -0.3 is 11.1 Å². The van der Waals surface area contributed by atoms with Gasteiger partial charge in [-0.25, -0.2) is 17.9 Å². The molecule has 0 bridgehead atoms. The summed E-state index contributed by atoms with van der Waals surface area (Å²) in [6, 6.07) is 3.64. The van der Waals surface area contributed by atoms with Gasteiger partial charge in [0.15, 0.2) is 0 Å². The van der Waals surface area contributed by atoms with Gasteiger partial charge in [-0.15, -0.1) is 0 Å². The van der Waals surface area contributed by atoms with Gasteiger partial charge in [0.25, 0.3) is 0 Å². The molecule has 5 N–H and O–H groups in total. The third-order valence-electron chi connectivity index (χ3n) is 3.94. The quantitative estimate of drug-likeness (QED) is 0.762. The van der Waals surface area contributed by atoms with Gasteiger partial charge in [0.2, 0.25) is 10.0 Å². The number of hydrogen-bond donors (Lipinski definition) is 3. The molecule has 0 aromatic heterocycles. The normalized spacial score (nSPS) is 22.9. The predicted octanol–water partition coefficient (Wildman–Crippen LogP) is 1.26. The van der Waals surface area contributed by atoms with Crippen LogP contribution in [0.25, 0.3) is 0 Å². The van der Waals surface area contributed by atoms with Crippen molar-refractivity contribution in [1.29, 1.82) is 0 Å². The fraction of sp³-hybridized carbons (Fsp3) is 0.538. The number of rotatable bonds is 5. The summed E-state index contributed by atoms with van der Waals surface area (Å²) in [5.74, 6) is 0.311. The first kappa shape index (κ1) is 15.2. The van der Waals surface area contributed by atoms with Crippen LogP contribution in [0.15, 0.2) is 23.1 Å². The standard InChI is InChI=1S/C13H20FN3O2S/c14-12-6-11(20(16,18)19)4-5-13(12)17-8-10-3-1-2-9(10)7-15/h4-6,9-10,17H,1-3,7-8,15H2,(H2,16,18,19). The molecule has 1 saturated carbocycles. The van der Waals surface area contributed by atoms with Gasteiger partial charge >= 0.3 is 0 Å². The second-order valence-corrected chi connectivity index (χ2v) is 6.82. The van der Waals surface area contributed by atoms with Crippen molar-refractivity contribution in [3.63, 3.8) is 0 Å². The minimum absolute atomic E-state index is 0.221. The van der Waals surface area contributed by atoms with Crippen molar-refractivity contribution in [3.8, 4) is 0 Å². The molecule has 5 nitrogen and oxygen atoms in total. The molecule has 2 unspecified atom stereocenters. The molecule has 0 amide bonds. The lowest BCUT2D eigenvalue weighted by atomic mass is 9.96. The third kappa shape index (κ3) is 3.47. The van der Waals surface area contributed by atoms with Gasteiger partial charge in [0, 0.05) is 6.54 Å². The van der Waals surface area contributed by atoms with E-state index < -0.39 is 15.8 Å². The summed E-state index contributed by atoms with van der Waals surface area (Å²) in [4.78, 5) is -0.221. The average Bonchev–Trinajstić information content (AvgIpc) is 2.83. The minimum Gasteiger partial charge on any atom is -0.382 e. The highest BCUT2D eigenvalue weighted by molar-refractivity contribution is 7.89. The molecule has 7 heteroatoms. The summed E-state index contributed by atoms with van der Waals surface area (Å²) in [6.07, 6.45) is 3.36. The molecule has 1 aliphatic carbocycles. The Morgan fingerprint density at radius 3 is 2.60 bits per heavy atom. The average molecular weight is 301 g/mol. The number of nitrogens with two attached hydrogens (primary N) is 2. The second-order valence-electron chi connectivity index (χ2n) is 5.25. The summed E-state index contributed by atoms with van der Waals surface area (Å²) >= 11 is 0. The summed E-state index contributed by atoms with van der Waals surface area (Å²) in [6.45, 7) is 1.30. The molecule has 0 radical (unpaired) electrons. The Labute approximate surface area is 118 Å². The van der Waals surface area contributed by atoms with Crippen LogP contribution < -0.4 is 16.2 Å². The molecule has 1 aromatic carbocycles. The first-order valence-electron chi connectivity index (χ1n) is 6.68. The number of benzene rings is 1. The van der Waals surface area contributed by atoms with E-state index in [4.69, 9.17) is 10.9 Å². The topological polar surface area (TPSA) is 98.2 Å². The smallest absolute Gasteiger partial charge is 0.238 e. The van der Waals surface area contributed by atoms with E-state index in [-0.39, 0.29) is 4.90 Å². The van der Waals surface area contributed by atoms with Gasteiger partial charge in [-0.2, -0.15) is 0 Å². The molecular formula is C13H20FN3O2S. The number of nitrogens with one attached hydrogen (secondary N) is 1. The monoisotopic (exact) mass is 301 g/mol. The van der Waals surface area contributed by atoms with Gasteiger partial charge in [0.1, 0.15) is 5.82 Å². The van der Waals surface area contributed by atoms with Crippen LogP contribution in [0.1, 0.15) is 19.3 Å². The number of halogens is 1. The van der Waals surface area contributed by atoms with Gasteiger partial charge in [0.05, 0.1) is 10.6 Å². The van der Waals surface area contributed by atoms with E-state index in [0.29, 0.717) is 30.6 Å². The van der Waals surface area contributed by atoms with Crippen LogP contribution in [0.3, 0.4) is 0 Å². The molecule has 20 heavy (non-hydrogen) atoms.